The fourth-order valence-corrected chi connectivity index (χ4v) is 1.67. The number of hydrogen-bond donors (Lipinski definition) is 0. The van der Waals surface area contributed by atoms with Crippen LogP contribution in [-0.4, -0.2) is 30.5 Å². The summed E-state index contributed by atoms with van der Waals surface area (Å²) in [5, 5.41) is 3.55. The average Bonchev–Trinajstić information content (AvgIpc) is 2.39. The highest BCUT2D eigenvalue weighted by Gasteiger charge is 2.17. The molecule has 1 aromatic rings. The fraction of sp³-hybridized carbons (Fsp3) is 0.308. The first-order valence-corrected chi connectivity index (χ1v) is 6.88. The van der Waals surface area contributed by atoms with Crippen molar-refractivity contribution in [1.82, 2.24) is 0 Å². The van der Waals surface area contributed by atoms with Crippen molar-refractivity contribution in [3.05, 3.63) is 29.8 Å². The number of nitrogens with zero attached hydrogens (tertiary/aromatic N) is 1. The molecule has 19 heavy (non-hydrogen) atoms. The van der Waals surface area contributed by atoms with Crippen molar-refractivity contribution in [2.24, 2.45) is 5.16 Å². The van der Waals surface area contributed by atoms with Crippen LogP contribution < -0.4 is 0 Å². The summed E-state index contributed by atoms with van der Waals surface area (Å²) in [5.74, 6) is -1.22. The zero-order valence-electron chi connectivity index (χ0n) is 11.0. The normalized spacial score (nSPS) is 11.0. The monoisotopic (exact) mass is 281 g/mol. The summed E-state index contributed by atoms with van der Waals surface area (Å²) in [6.45, 7) is 3.13. The molecule has 0 atom stereocenters. The van der Waals surface area contributed by atoms with Gasteiger partial charge in [0, 0.05) is 17.4 Å². The van der Waals surface area contributed by atoms with Crippen molar-refractivity contribution in [1.29, 1.82) is 0 Å². The number of ether oxygens (including phenoxy) is 1. The van der Waals surface area contributed by atoms with Gasteiger partial charge in [-0.1, -0.05) is 17.3 Å². The van der Waals surface area contributed by atoms with Crippen LogP contribution in [0.4, 0.5) is 0 Å². The lowest BCUT2D eigenvalue weighted by atomic mass is 10.1. The van der Waals surface area contributed by atoms with Crippen molar-refractivity contribution in [2.75, 3.05) is 12.9 Å². The predicted molar refractivity (Wildman–Crippen MR) is 73.2 cm³/mol. The van der Waals surface area contributed by atoms with Gasteiger partial charge >= 0.3 is 11.9 Å². The Morgan fingerprint density at radius 1 is 1.26 bits per heavy atom. The number of rotatable bonds is 5. The fourth-order valence-electron chi connectivity index (χ4n) is 1.27. The minimum Gasteiger partial charge on any atom is -0.461 e. The van der Waals surface area contributed by atoms with Crippen LogP contribution in [0.2, 0.25) is 0 Å². The molecule has 0 saturated carbocycles. The standard InChI is InChI=1S/C13H15NO4S/c1-4-17-13(16)12(14-18-9(2)15)10-5-7-11(19-3)8-6-10/h5-8H,4H2,1-3H3. The van der Waals surface area contributed by atoms with Gasteiger partial charge in [0.1, 0.15) is 0 Å². The third-order valence-electron chi connectivity index (χ3n) is 2.10. The molecule has 1 rings (SSSR count). The first-order valence-electron chi connectivity index (χ1n) is 5.65. The van der Waals surface area contributed by atoms with Gasteiger partial charge in [0.05, 0.1) is 6.61 Å². The first kappa shape index (κ1) is 15.2. The van der Waals surface area contributed by atoms with Crippen LogP contribution >= 0.6 is 11.8 Å². The number of thioether (sulfide) groups is 1. The van der Waals surface area contributed by atoms with Gasteiger partial charge in [0.2, 0.25) is 0 Å². The lowest BCUT2D eigenvalue weighted by molar-refractivity contribution is -0.141. The van der Waals surface area contributed by atoms with E-state index in [1.54, 1.807) is 30.8 Å². The summed E-state index contributed by atoms with van der Waals surface area (Å²) in [5.41, 5.74) is 0.516. The number of hydrogen-bond acceptors (Lipinski definition) is 6. The molecule has 0 aliphatic carbocycles. The lowest BCUT2D eigenvalue weighted by Crippen LogP contribution is -2.19. The van der Waals surface area contributed by atoms with Crippen molar-refractivity contribution in [3.8, 4) is 0 Å². The SMILES string of the molecule is CCOC(=O)C(=NOC(C)=O)c1ccc(SC)cc1. The van der Waals surface area contributed by atoms with E-state index in [1.165, 1.54) is 6.92 Å². The Hall–Kier alpha value is -1.82. The maximum absolute atomic E-state index is 11.8. The Bertz CT molecular complexity index is 482. The predicted octanol–water partition coefficient (Wildman–Crippen LogP) is 2.24. The second-order valence-corrected chi connectivity index (χ2v) is 4.35. The molecule has 0 aromatic heterocycles. The minimum absolute atomic E-state index is 0.0234. The Labute approximate surface area is 116 Å². The molecule has 1 aromatic carbocycles. The van der Waals surface area contributed by atoms with E-state index >= 15 is 0 Å². The summed E-state index contributed by atoms with van der Waals surface area (Å²) in [4.78, 5) is 28.1. The van der Waals surface area contributed by atoms with Crippen molar-refractivity contribution >= 4 is 29.4 Å². The van der Waals surface area contributed by atoms with Gasteiger partial charge in [-0.25, -0.2) is 9.59 Å². The van der Waals surface area contributed by atoms with Gasteiger partial charge < -0.3 is 9.57 Å². The van der Waals surface area contributed by atoms with Crippen LogP contribution in [-0.2, 0) is 19.2 Å². The topological polar surface area (TPSA) is 65.0 Å². The van der Waals surface area contributed by atoms with Crippen molar-refractivity contribution in [3.63, 3.8) is 0 Å². The van der Waals surface area contributed by atoms with E-state index in [2.05, 4.69) is 9.99 Å². The molecule has 0 spiro atoms. The molecule has 0 heterocycles. The number of carbonyl (C=O) groups is 2. The molecule has 102 valence electrons. The van der Waals surface area contributed by atoms with Gasteiger partial charge in [-0.3, -0.25) is 0 Å². The summed E-state index contributed by atoms with van der Waals surface area (Å²) in [7, 11) is 0. The lowest BCUT2D eigenvalue weighted by Gasteiger charge is -2.06. The van der Waals surface area contributed by atoms with Crippen LogP contribution in [0.25, 0.3) is 0 Å². The highest BCUT2D eigenvalue weighted by Crippen LogP contribution is 2.15. The molecule has 0 aliphatic heterocycles. The Morgan fingerprint density at radius 2 is 1.89 bits per heavy atom. The van der Waals surface area contributed by atoms with Gasteiger partial charge in [-0.05, 0) is 25.3 Å². The maximum Gasteiger partial charge on any atom is 0.361 e. The van der Waals surface area contributed by atoms with Crippen LogP contribution in [0.15, 0.2) is 34.3 Å². The zero-order valence-corrected chi connectivity index (χ0v) is 11.8. The Balaban J connectivity index is 3.03. The number of benzene rings is 1. The smallest absolute Gasteiger partial charge is 0.361 e. The highest BCUT2D eigenvalue weighted by molar-refractivity contribution is 7.98. The second-order valence-electron chi connectivity index (χ2n) is 3.47. The molecule has 5 nitrogen and oxygen atoms in total. The van der Waals surface area contributed by atoms with Crippen molar-refractivity contribution < 1.29 is 19.2 Å². The molecule has 0 N–H and O–H groups in total. The molecular weight excluding hydrogens is 266 g/mol. The Morgan fingerprint density at radius 3 is 2.37 bits per heavy atom. The van der Waals surface area contributed by atoms with Crippen LogP contribution in [0, 0.1) is 0 Å². The van der Waals surface area contributed by atoms with Crippen LogP contribution in [0.3, 0.4) is 0 Å². The van der Waals surface area contributed by atoms with Crippen LogP contribution in [0.5, 0.6) is 0 Å². The van der Waals surface area contributed by atoms with Gasteiger partial charge in [-0.2, -0.15) is 0 Å². The Kier molecular flexibility index (Phi) is 6.08. The average molecular weight is 281 g/mol. The molecule has 0 bridgehead atoms. The number of esters is 1. The summed E-state index contributed by atoms with van der Waals surface area (Å²) >= 11 is 1.58. The van der Waals surface area contributed by atoms with E-state index in [0.29, 0.717) is 5.56 Å². The maximum atomic E-state index is 11.8. The molecule has 0 fully saturated rings. The quantitative estimate of drug-likeness (QED) is 0.272. The van der Waals surface area contributed by atoms with Crippen molar-refractivity contribution in [2.45, 2.75) is 18.7 Å². The molecular formula is C13H15NO4S. The molecule has 0 unspecified atom stereocenters. The van der Waals surface area contributed by atoms with E-state index in [-0.39, 0.29) is 12.3 Å². The summed E-state index contributed by atoms with van der Waals surface area (Å²) in [6.07, 6.45) is 1.95. The third kappa shape index (κ3) is 4.75. The van der Waals surface area contributed by atoms with E-state index in [4.69, 9.17) is 4.74 Å². The molecule has 0 radical (unpaired) electrons. The van der Waals surface area contributed by atoms with E-state index in [1.807, 2.05) is 18.4 Å². The third-order valence-corrected chi connectivity index (χ3v) is 2.84. The van der Waals surface area contributed by atoms with Crippen LogP contribution in [0.1, 0.15) is 19.4 Å². The van der Waals surface area contributed by atoms with E-state index in [0.717, 1.165) is 4.90 Å². The molecule has 0 saturated heterocycles. The summed E-state index contributed by atoms with van der Waals surface area (Å²) < 4.78 is 4.88. The number of carbonyl (C=O) groups excluding carboxylic acids is 2. The van der Waals surface area contributed by atoms with E-state index in [9.17, 15) is 9.59 Å². The molecule has 0 aliphatic rings. The largest absolute Gasteiger partial charge is 0.461 e. The van der Waals surface area contributed by atoms with Gasteiger partial charge in [0.25, 0.3) is 0 Å². The molecule has 0 amide bonds. The zero-order chi connectivity index (χ0) is 14.3. The highest BCUT2D eigenvalue weighted by atomic mass is 32.2. The number of oxime groups is 1. The van der Waals surface area contributed by atoms with Gasteiger partial charge in [0.15, 0.2) is 5.71 Å². The van der Waals surface area contributed by atoms with E-state index < -0.39 is 11.9 Å². The molecule has 6 heteroatoms. The van der Waals surface area contributed by atoms with Gasteiger partial charge in [-0.15, -0.1) is 11.8 Å². The minimum atomic E-state index is -0.624. The summed E-state index contributed by atoms with van der Waals surface area (Å²) in [6, 6.07) is 7.15. The first-order chi connectivity index (χ1) is 9.08. The second kappa shape index (κ2) is 7.58.